The van der Waals surface area contributed by atoms with Gasteiger partial charge in [-0.15, -0.1) is 23.7 Å². The van der Waals surface area contributed by atoms with Crippen molar-refractivity contribution >= 4 is 45.7 Å². The van der Waals surface area contributed by atoms with E-state index in [0.29, 0.717) is 12.5 Å². The van der Waals surface area contributed by atoms with Crippen LogP contribution in [-0.2, 0) is 4.79 Å². The molecule has 0 radical (unpaired) electrons. The van der Waals surface area contributed by atoms with Crippen LogP contribution in [0.2, 0.25) is 0 Å². The Hall–Kier alpha value is -1.44. The van der Waals surface area contributed by atoms with Crippen molar-refractivity contribution in [2.75, 3.05) is 24.5 Å². The highest BCUT2D eigenvalue weighted by Crippen LogP contribution is 2.33. The molecule has 1 amide bonds. The van der Waals surface area contributed by atoms with Gasteiger partial charge in [0.15, 0.2) is 0 Å². The van der Waals surface area contributed by atoms with Gasteiger partial charge >= 0.3 is 0 Å². The Morgan fingerprint density at radius 2 is 2.28 bits per heavy atom. The predicted octanol–water partition coefficient (Wildman–Crippen LogP) is 2.28. The van der Waals surface area contributed by atoms with Crippen molar-refractivity contribution in [3.05, 3.63) is 17.8 Å². The molecule has 4 heterocycles. The van der Waals surface area contributed by atoms with Gasteiger partial charge in [-0.2, -0.15) is 0 Å². The minimum absolute atomic E-state index is 0. The maximum atomic E-state index is 13.2. The molecular weight excluding hydrogens is 358 g/mol. The molecule has 2 aliphatic heterocycles. The summed E-state index contributed by atoms with van der Waals surface area (Å²) in [4.78, 5) is 27.2. The molecule has 2 aliphatic rings. The zero-order valence-electron chi connectivity index (χ0n) is 14.3. The van der Waals surface area contributed by atoms with E-state index in [-0.39, 0.29) is 30.4 Å². The summed E-state index contributed by atoms with van der Waals surface area (Å²) in [7, 11) is 0. The van der Waals surface area contributed by atoms with E-state index in [1.165, 1.54) is 0 Å². The van der Waals surface area contributed by atoms with E-state index in [4.69, 9.17) is 5.73 Å². The fraction of sp³-hybridized carbons (Fsp3) is 0.588. The number of halogens is 1. The number of aromatic nitrogens is 2. The molecule has 6 nitrogen and oxygen atoms in total. The van der Waals surface area contributed by atoms with Crippen LogP contribution in [0.15, 0.2) is 17.8 Å². The summed E-state index contributed by atoms with van der Waals surface area (Å²) in [6.07, 6.45) is 4.54. The molecule has 8 heteroatoms. The molecule has 2 fully saturated rings. The highest BCUT2D eigenvalue weighted by atomic mass is 35.5. The van der Waals surface area contributed by atoms with E-state index >= 15 is 0 Å². The van der Waals surface area contributed by atoms with Crippen molar-refractivity contribution < 1.29 is 4.79 Å². The van der Waals surface area contributed by atoms with Gasteiger partial charge in [0.2, 0.25) is 5.91 Å². The first-order valence-corrected chi connectivity index (χ1v) is 9.52. The summed E-state index contributed by atoms with van der Waals surface area (Å²) in [6, 6.07) is 2.22. The third-order valence-electron chi connectivity index (χ3n) is 5.33. The minimum atomic E-state index is -0.109. The Morgan fingerprint density at radius 3 is 3.04 bits per heavy atom. The Bertz CT molecular complexity index is 753. The molecule has 3 unspecified atom stereocenters. The number of hydrogen-bond acceptors (Lipinski definition) is 6. The number of nitrogens with two attached hydrogens (primary N) is 1. The summed E-state index contributed by atoms with van der Waals surface area (Å²) in [5, 5.41) is 3.08. The molecule has 0 saturated carbocycles. The van der Waals surface area contributed by atoms with E-state index in [1.807, 2.05) is 10.3 Å². The first-order chi connectivity index (χ1) is 11.7. The van der Waals surface area contributed by atoms with Crippen molar-refractivity contribution in [2.45, 2.75) is 38.3 Å². The third-order valence-corrected chi connectivity index (χ3v) is 6.15. The molecule has 0 aromatic carbocycles. The van der Waals surface area contributed by atoms with Gasteiger partial charge in [-0.1, -0.05) is 0 Å². The molecule has 3 atom stereocenters. The number of carbonyl (C=O) groups is 1. The van der Waals surface area contributed by atoms with E-state index in [2.05, 4.69) is 27.9 Å². The van der Waals surface area contributed by atoms with Crippen LogP contribution in [0, 0.1) is 5.92 Å². The Balaban J connectivity index is 0.00000182. The molecule has 2 saturated heterocycles. The van der Waals surface area contributed by atoms with Crippen molar-refractivity contribution in [1.82, 2.24) is 14.9 Å². The quantitative estimate of drug-likeness (QED) is 0.882. The predicted molar refractivity (Wildman–Crippen MR) is 103 cm³/mol. The van der Waals surface area contributed by atoms with E-state index in [9.17, 15) is 4.79 Å². The van der Waals surface area contributed by atoms with Crippen LogP contribution in [0.3, 0.4) is 0 Å². The first kappa shape index (κ1) is 18.4. The van der Waals surface area contributed by atoms with Gasteiger partial charge in [0.1, 0.15) is 23.0 Å². The maximum Gasteiger partial charge on any atom is 0.245 e. The van der Waals surface area contributed by atoms with Crippen LogP contribution in [0.25, 0.3) is 10.2 Å². The van der Waals surface area contributed by atoms with Crippen LogP contribution < -0.4 is 10.6 Å². The molecule has 2 N–H and O–H groups in total. The Kier molecular flexibility index (Phi) is 5.46. The van der Waals surface area contributed by atoms with Crippen molar-refractivity contribution in [2.24, 2.45) is 11.7 Å². The summed E-state index contributed by atoms with van der Waals surface area (Å²) in [6.45, 7) is 4.46. The largest absolute Gasteiger partial charge is 0.344 e. The SMILES string of the molecule is CC1CC(CN)CN1C(=O)C1CCCN1c1ncnc2sccc12.Cl. The maximum absolute atomic E-state index is 13.2. The monoisotopic (exact) mass is 381 g/mol. The number of amides is 1. The van der Waals surface area contributed by atoms with Gasteiger partial charge in [-0.3, -0.25) is 4.79 Å². The standard InChI is InChI=1S/C17H23N5OS.ClH/c1-11-7-12(8-18)9-22(11)17(23)14-3-2-5-21(14)15-13-4-6-24-16(13)20-10-19-15;/h4,6,10-12,14H,2-3,5,7-9,18H2,1H3;1H. The van der Waals surface area contributed by atoms with Gasteiger partial charge < -0.3 is 15.5 Å². The number of thiophene rings is 1. The fourth-order valence-electron chi connectivity index (χ4n) is 4.09. The summed E-state index contributed by atoms with van der Waals surface area (Å²) < 4.78 is 0. The number of nitrogens with zero attached hydrogens (tertiary/aromatic N) is 4. The molecule has 0 spiro atoms. The first-order valence-electron chi connectivity index (χ1n) is 8.64. The van der Waals surface area contributed by atoms with Gasteiger partial charge in [-0.05, 0) is 50.1 Å². The lowest BCUT2D eigenvalue weighted by atomic mass is 10.1. The van der Waals surface area contributed by atoms with Crippen molar-refractivity contribution in [3.8, 4) is 0 Å². The second-order valence-corrected chi connectivity index (χ2v) is 7.76. The summed E-state index contributed by atoms with van der Waals surface area (Å²) >= 11 is 1.61. The molecule has 2 aromatic heterocycles. The van der Waals surface area contributed by atoms with Gasteiger partial charge in [0.25, 0.3) is 0 Å². The molecule has 0 aliphatic carbocycles. The smallest absolute Gasteiger partial charge is 0.245 e. The Morgan fingerprint density at radius 1 is 1.44 bits per heavy atom. The fourth-order valence-corrected chi connectivity index (χ4v) is 4.82. The van der Waals surface area contributed by atoms with Gasteiger partial charge in [-0.25, -0.2) is 9.97 Å². The van der Waals surface area contributed by atoms with Gasteiger partial charge in [0, 0.05) is 19.1 Å². The summed E-state index contributed by atoms with van der Waals surface area (Å²) in [5.74, 6) is 1.57. The van der Waals surface area contributed by atoms with Crippen LogP contribution in [0.4, 0.5) is 5.82 Å². The topological polar surface area (TPSA) is 75.3 Å². The highest BCUT2D eigenvalue weighted by Gasteiger charge is 2.40. The van der Waals surface area contributed by atoms with Crippen LogP contribution in [0.1, 0.15) is 26.2 Å². The van der Waals surface area contributed by atoms with E-state index in [0.717, 1.165) is 48.4 Å². The van der Waals surface area contributed by atoms with Crippen LogP contribution in [-0.4, -0.2) is 52.5 Å². The van der Waals surface area contributed by atoms with Gasteiger partial charge in [0.05, 0.1) is 5.39 Å². The number of fused-ring (bicyclic) bond motifs is 1. The lowest BCUT2D eigenvalue weighted by Gasteiger charge is -2.31. The molecular formula is C17H24ClN5OS. The second kappa shape index (κ2) is 7.43. The molecule has 0 bridgehead atoms. The number of likely N-dealkylation sites (tertiary alicyclic amines) is 1. The molecule has 2 aromatic rings. The zero-order valence-corrected chi connectivity index (χ0v) is 15.9. The number of carbonyl (C=O) groups excluding carboxylic acids is 1. The number of rotatable bonds is 3. The van der Waals surface area contributed by atoms with Crippen LogP contribution in [0.5, 0.6) is 0 Å². The third kappa shape index (κ3) is 3.20. The highest BCUT2D eigenvalue weighted by molar-refractivity contribution is 7.16. The second-order valence-electron chi connectivity index (χ2n) is 6.87. The number of hydrogen-bond donors (Lipinski definition) is 1. The molecule has 4 rings (SSSR count). The van der Waals surface area contributed by atoms with E-state index in [1.54, 1.807) is 17.7 Å². The zero-order chi connectivity index (χ0) is 16.7. The van der Waals surface area contributed by atoms with E-state index < -0.39 is 0 Å². The summed E-state index contributed by atoms with van der Waals surface area (Å²) in [5.41, 5.74) is 5.82. The van der Waals surface area contributed by atoms with Crippen molar-refractivity contribution in [1.29, 1.82) is 0 Å². The van der Waals surface area contributed by atoms with Crippen LogP contribution >= 0.6 is 23.7 Å². The minimum Gasteiger partial charge on any atom is -0.344 e. The van der Waals surface area contributed by atoms with Crippen molar-refractivity contribution in [3.63, 3.8) is 0 Å². The molecule has 136 valence electrons. The average Bonchev–Trinajstić information content (AvgIpc) is 3.32. The Labute approximate surface area is 157 Å². The average molecular weight is 382 g/mol. The lowest BCUT2D eigenvalue weighted by molar-refractivity contribution is -0.133. The number of anilines is 1. The molecule has 25 heavy (non-hydrogen) atoms. The normalized spacial score (nSPS) is 26.2. The lowest BCUT2D eigenvalue weighted by Crippen LogP contribution is -2.47.